The topological polar surface area (TPSA) is 21.3 Å². The molecule has 1 aromatic rings. The number of rotatable bonds is 8. The predicted octanol–water partition coefficient (Wildman–Crippen LogP) is 3.95. The van der Waals surface area contributed by atoms with E-state index in [1.165, 1.54) is 6.07 Å². The van der Waals surface area contributed by atoms with Gasteiger partial charge < -0.3 is 10.1 Å². The van der Waals surface area contributed by atoms with Crippen LogP contribution in [0.25, 0.3) is 0 Å². The van der Waals surface area contributed by atoms with Crippen LogP contribution in [0.15, 0.2) is 18.2 Å². The third kappa shape index (κ3) is 4.56. The molecule has 1 unspecified atom stereocenters. The Labute approximate surface area is 113 Å². The van der Waals surface area contributed by atoms with Crippen LogP contribution in [0.1, 0.15) is 37.8 Å². The summed E-state index contributed by atoms with van der Waals surface area (Å²) in [5, 5.41) is 3.63. The number of benzene rings is 1. The highest BCUT2D eigenvalue weighted by atomic mass is 35.5. The highest BCUT2D eigenvalue weighted by Crippen LogP contribution is 2.28. The van der Waals surface area contributed by atoms with Gasteiger partial charge in [-0.1, -0.05) is 30.7 Å². The zero-order chi connectivity index (χ0) is 13.4. The van der Waals surface area contributed by atoms with Gasteiger partial charge in [-0.2, -0.15) is 0 Å². The van der Waals surface area contributed by atoms with Gasteiger partial charge in [0.05, 0.1) is 5.02 Å². The van der Waals surface area contributed by atoms with E-state index in [2.05, 4.69) is 12.2 Å². The van der Waals surface area contributed by atoms with Gasteiger partial charge in [-0.3, -0.25) is 0 Å². The van der Waals surface area contributed by atoms with Crippen LogP contribution >= 0.6 is 11.6 Å². The molecule has 102 valence electrons. The van der Waals surface area contributed by atoms with Gasteiger partial charge in [0.1, 0.15) is 5.82 Å². The van der Waals surface area contributed by atoms with E-state index >= 15 is 0 Å². The van der Waals surface area contributed by atoms with Crippen molar-refractivity contribution in [2.24, 2.45) is 0 Å². The summed E-state index contributed by atoms with van der Waals surface area (Å²) in [6.45, 7) is 3.70. The summed E-state index contributed by atoms with van der Waals surface area (Å²) in [6, 6.07) is 5.06. The molecule has 0 fully saturated rings. The Morgan fingerprint density at radius 1 is 1.44 bits per heavy atom. The van der Waals surface area contributed by atoms with E-state index in [1.807, 2.05) is 6.07 Å². The van der Waals surface area contributed by atoms with E-state index in [-0.39, 0.29) is 16.9 Å². The van der Waals surface area contributed by atoms with Crippen molar-refractivity contribution in [2.45, 2.75) is 32.2 Å². The van der Waals surface area contributed by atoms with Crippen LogP contribution in [0.2, 0.25) is 5.02 Å². The van der Waals surface area contributed by atoms with Crippen LogP contribution in [-0.2, 0) is 4.74 Å². The van der Waals surface area contributed by atoms with Crippen molar-refractivity contribution in [1.82, 2.24) is 5.32 Å². The van der Waals surface area contributed by atoms with Crippen LogP contribution in [0.4, 0.5) is 4.39 Å². The SMILES string of the molecule is CCCNC(CCCOC)c1cccc(F)c1Cl. The summed E-state index contributed by atoms with van der Waals surface area (Å²) in [6.07, 6.45) is 2.84. The predicted molar refractivity (Wildman–Crippen MR) is 73.6 cm³/mol. The molecule has 0 aliphatic heterocycles. The zero-order valence-electron chi connectivity index (χ0n) is 11.0. The third-order valence-electron chi connectivity index (χ3n) is 2.84. The van der Waals surface area contributed by atoms with Crippen LogP contribution in [0.5, 0.6) is 0 Å². The van der Waals surface area contributed by atoms with Crippen molar-refractivity contribution >= 4 is 11.6 Å². The van der Waals surface area contributed by atoms with E-state index in [0.29, 0.717) is 6.61 Å². The number of hydrogen-bond acceptors (Lipinski definition) is 2. The van der Waals surface area contributed by atoms with Gasteiger partial charge in [0.2, 0.25) is 0 Å². The lowest BCUT2D eigenvalue weighted by molar-refractivity contribution is 0.188. The van der Waals surface area contributed by atoms with E-state index in [9.17, 15) is 4.39 Å². The molecule has 2 nitrogen and oxygen atoms in total. The van der Waals surface area contributed by atoms with Gasteiger partial charge in [-0.05, 0) is 37.4 Å². The molecule has 0 saturated heterocycles. The average Bonchev–Trinajstić information content (AvgIpc) is 2.37. The number of methoxy groups -OCH3 is 1. The van der Waals surface area contributed by atoms with Gasteiger partial charge in [-0.25, -0.2) is 4.39 Å². The van der Waals surface area contributed by atoms with Gasteiger partial charge in [-0.15, -0.1) is 0 Å². The largest absolute Gasteiger partial charge is 0.385 e. The van der Waals surface area contributed by atoms with Gasteiger partial charge in [0.25, 0.3) is 0 Å². The van der Waals surface area contributed by atoms with Crippen molar-refractivity contribution in [3.63, 3.8) is 0 Å². The molecule has 18 heavy (non-hydrogen) atoms. The van der Waals surface area contributed by atoms with E-state index < -0.39 is 0 Å². The molecule has 0 spiro atoms. The van der Waals surface area contributed by atoms with Crippen LogP contribution < -0.4 is 5.32 Å². The smallest absolute Gasteiger partial charge is 0.142 e. The molecule has 0 heterocycles. The van der Waals surface area contributed by atoms with Crippen LogP contribution in [-0.4, -0.2) is 20.3 Å². The maximum atomic E-state index is 13.5. The summed E-state index contributed by atoms with van der Waals surface area (Å²) < 4.78 is 18.5. The van der Waals surface area contributed by atoms with Gasteiger partial charge in [0, 0.05) is 19.8 Å². The maximum Gasteiger partial charge on any atom is 0.142 e. The third-order valence-corrected chi connectivity index (χ3v) is 3.24. The lowest BCUT2D eigenvalue weighted by atomic mass is 10.0. The number of ether oxygens (including phenoxy) is 1. The highest BCUT2D eigenvalue weighted by Gasteiger charge is 2.15. The molecule has 0 radical (unpaired) electrons. The first kappa shape index (κ1) is 15.4. The van der Waals surface area contributed by atoms with Crippen molar-refractivity contribution in [2.75, 3.05) is 20.3 Å². The molecule has 1 atom stereocenters. The van der Waals surface area contributed by atoms with Crippen LogP contribution in [0, 0.1) is 5.82 Å². The first-order valence-corrected chi connectivity index (χ1v) is 6.74. The number of halogens is 2. The normalized spacial score (nSPS) is 12.7. The maximum absolute atomic E-state index is 13.5. The Hall–Kier alpha value is -0.640. The molecule has 0 aromatic heterocycles. The fourth-order valence-electron chi connectivity index (χ4n) is 1.91. The van der Waals surface area contributed by atoms with Crippen molar-refractivity contribution in [1.29, 1.82) is 0 Å². The highest BCUT2D eigenvalue weighted by molar-refractivity contribution is 6.31. The second kappa shape index (κ2) is 8.46. The van der Waals surface area contributed by atoms with Crippen molar-refractivity contribution < 1.29 is 9.13 Å². The zero-order valence-corrected chi connectivity index (χ0v) is 11.8. The number of hydrogen-bond donors (Lipinski definition) is 1. The molecule has 0 saturated carbocycles. The van der Waals surface area contributed by atoms with Gasteiger partial charge >= 0.3 is 0 Å². The van der Waals surface area contributed by atoms with Crippen molar-refractivity contribution in [3.8, 4) is 0 Å². The lowest BCUT2D eigenvalue weighted by Gasteiger charge is -2.20. The standard InChI is InChI=1S/C14H21ClFNO/c1-3-9-17-13(8-5-10-18-2)11-6-4-7-12(16)14(11)15/h4,6-7,13,17H,3,5,8-10H2,1-2H3. The first-order valence-electron chi connectivity index (χ1n) is 6.37. The summed E-state index contributed by atoms with van der Waals surface area (Å²) >= 11 is 6.03. The summed E-state index contributed by atoms with van der Waals surface area (Å²) in [4.78, 5) is 0. The van der Waals surface area contributed by atoms with E-state index in [0.717, 1.165) is 31.4 Å². The molecule has 4 heteroatoms. The van der Waals surface area contributed by atoms with E-state index in [4.69, 9.17) is 16.3 Å². The molecule has 0 amide bonds. The fraction of sp³-hybridized carbons (Fsp3) is 0.571. The van der Waals surface area contributed by atoms with E-state index in [1.54, 1.807) is 13.2 Å². The minimum atomic E-state index is -0.357. The Kier molecular flexibility index (Phi) is 7.25. The molecular formula is C14H21ClFNO. The summed E-state index contributed by atoms with van der Waals surface area (Å²) in [5.41, 5.74) is 0.834. The molecule has 1 aromatic carbocycles. The molecule has 1 rings (SSSR count). The lowest BCUT2D eigenvalue weighted by Crippen LogP contribution is -2.23. The first-order chi connectivity index (χ1) is 8.70. The average molecular weight is 274 g/mol. The molecule has 1 N–H and O–H groups in total. The Morgan fingerprint density at radius 3 is 2.89 bits per heavy atom. The molecule has 0 aliphatic carbocycles. The van der Waals surface area contributed by atoms with Crippen molar-refractivity contribution in [3.05, 3.63) is 34.6 Å². The summed E-state index contributed by atoms with van der Waals surface area (Å²) in [7, 11) is 1.68. The number of nitrogens with one attached hydrogen (secondary N) is 1. The Balaban J connectivity index is 2.76. The Bertz CT molecular complexity index is 360. The summed E-state index contributed by atoms with van der Waals surface area (Å²) in [5.74, 6) is -0.357. The quantitative estimate of drug-likeness (QED) is 0.724. The minimum absolute atomic E-state index is 0.0864. The second-order valence-electron chi connectivity index (χ2n) is 4.28. The minimum Gasteiger partial charge on any atom is -0.385 e. The fourth-order valence-corrected chi connectivity index (χ4v) is 2.17. The Morgan fingerprint density at radius 2 is 2.22 bits per heavy atom. The monoisotopic (exact) mass is 273 g/mol. The molecular weight excluding hydrogens is 253 g/mol. The molecule has 0 bridgehead atoms. The van der Waals surface area contributed by atoms with Gasteiger partial charge in [0.15, 0.2) is 0 Å². The second-order valence-corrected chi connectivity index (χ2v) is 4.66. The van der Waals surface area contributed by atoms with Crippen LogP contribution in [0.3, 0.4) is 0 Å². The molecule has 0 aliphatic rings.